The standard InChI is InChI=1S/C25H17F3O2S/c26-25(27,28)24(29)30-31-22(19-12-6-2-7-13-19)16-21(18-10-4-1-5-11-18)17-23(31)20-14-8-3-9-15-20/h1-17H. The minimum Gasteiger partial charge on any atom is -0.388 e. The lowest BCUT2D eigenvalue weighted by Crippen LogP contribution is -2.24. The lowest BCUT2D eigenvalue weighted by Gasteiger charge is -2.23. The van der Waals surface area contributed by atoms with E-state index in [9.17, 15) is 18.0 Å². The number of carbonyl (C=O) groups excluding carboxylic acids is 1. The fourth-order valence-electron chi connectivity index (χ4n) is 3.15. The third-order valence-corrected chi connectivity index (χ3v) is 6.41. The van der Waals surface area contributed by atoms with Crippen LogP contribution in [0.15, 0.2) is 103 Å². The Morgan fingerprint density at radius 1 is 0.677 bits per heavy atom. The molecule has 1 aliphatic heterocycles. The van der Waals surface area contributed by atoms with Crippen LogP contribution in [0.3, 0.4) is 0 Å². The summed E-state index contributed by atoms with van der Waals surface area (Å²) in [5, 5.41) is 0. The van der Waals surface area contributed by atoms with Crippen LogP contribution in [0.25, 0.3) is 10.5 Å². The van der Waals surface area contributed by atoms with E-state index in [1.165, 1.54) is 0 Å². The zero-order chi connectivity index (χ0) is 21.8. The maximum Gasteiger partial charge on any atom is 0.492 e. The molecule has 1 atom stereocenters. The van der Waals surface area contributed by atoms with E-state index in [0.29, 0.717) is 20.9 Å². The molecule has 0 spiro atoms. The van der Waals surface area contributed by atoms with E-state index >= 15 is 0 Å². The van der Waals surface area contributed by atoms with Crippen molar-refractivity contribution in [1.29, 1.82) is 0 Å². The van der Waals surface area contributed by atoms with Gasteiger partial charge in [-0.1, -0.05) is 91.0 Å². The van der Waals surface area contributed by atoms with E-state index in [1.54, 1.807) is 60.7 Å². The Hall–Kier alpha value is -3.38. The first kappa shape index (κ1) is 20.9. The summed E-state index contributed by atoms with van der Waals surface area (Å²) in [7, 11) is -1.56. The van der Waals surface area contributed by atoms with Crippen LogP contribution >= 0.6 is 10.8 Å². The molecule has 0 radical (unpaired) electrons. The molecule has 0 saturated carbocycles. The second kappa shape index (κ2) is 8.78. The van der Waals surface area contributed by atoms with E-state index in [0.717, 1.165) is 11.1 Å². The van der Waals surface area contributed by atoms with Gasteiger partial charge >= 0.3 is 12.1 Å². The van der Waals surface area contributed by atoms with Gasteiger partial charge in [0.1, 0.15) is 0 Å². The molecule has 0 aromatic heterocycles. The molecule has 0 aliphatic carbocycles. The van der Waals surface area contributed by atoms with Crippen molar-refractivity contribution in [2.75, 3.05) is 0 Å². The molecule has 1 unspecified atom stereocenters. The van der Waals surface area contributed by atoms with Gasteiger partial charge in [0.15, 0.2) is 0 Å². The zero-order valence-corrected chi connectivity index (χ0v) is 17.0. The van der Waals surface area contributed by atoms with Crippen LogP contribution in [-0.2, 0) is 8.98 Å². The van der Waals surface area contributed by atoms with Crippen LogP contribution in [0.2, 0.25) is 0 Å². The molecule has 4 rings (SSSR count). The molecule has 0 amide bonds. The lowest BCUT2D eigenvalue weighted by atomic mass is 10.0. The van der Waals surface area contributed by atoms with Gasteiger partial charge in [-0.15, -0.1) is 0 Å². The Bertz CT molecular complexity index is 1180. The van der Waals surface area contributed by atoms with Crippen molar-refractivity contribution in [2.24, 2.45) is 0 Å². The smallest absolute Gasteiger partial charge is 0.388 e. The Kier molecular flexibility index (Phi) is 5.91. The average Bonchev–Trinajstić information content (AvgIpc) is 2.80. The topological polar surface area (TPSA) is 26.3 Å². The molecular weight excluding hydrogens is 421 g/mol. The summed E-state index contributed by atoms with van der Waals surface area (Å²) in [6.45, 7) is 0. The fraction of sp³-hybridized carbons (Fsp3) is 0.0400. The van der Waals surface area contributed by atoms with E-state index < -0.39 is 22.9 Å². The maximum atomic E-state index is 13.1. The Balaban J connectivity index is 1.97. The number of rotatable bonds is 4. The Labute approximate surface area is 180 Å². The number of halogens is 3. The third-order valence-electron chi connectivity index (χ3n) is 4.59. The van der Waals surface area contributed by atoms with Crippen molar-refractivity contribution in [2.45, 2.75) is 6.18 Å². The normalized spacial score (nSPS) is 16.4. The van der Waals surface area contributed by atoms with Crippen molar-refractivity contribution >= 4 is 32.1 Å². The summed E-state index contributed by atoms with van der Waals surface area (Å²) in [5.74, 6) is -2.21. The van der Waals surface area contributed by atoms with E-state index in [2.05, 4.69) is 0 Å². The molecule has 6 heteroatoms. The number of hydrogen-bond donors (Lipinski definition) is 0. The van der Waals surface area contributed by atoms with Gasteiger partial charge in [-0.2, -0.15) is 13.2 Å². The number of hydrogen-bond acceptors (Lipinski definition) is 2. The van der Waals surface area contributed by atoms with Crippen molar-refractivity contribution < 1.29 is 22.1 Å². The highest BCUT2D eigenvalue weighted by molar-refractivity contribution is 8.20. The molecule has 1 heterocycles. The van der Waals surface area contributed by atoms with Crippen molar-refractivity contribution in [3.8, 4) is 0 Å². The second-order valence-corrected chi connectivity index (χ2v) is 8.29. The first-order valence-corrected chi connectivity index (χ1v) is 10.6. The molecular formula is C25H17F3O2S. The quantitative estimate of drug-likeness (QED) is 0.427. The first-order chi connectivity index (χ1) is 14.9. The van der Waals surface area contributed by atoms with Gasteiger partial charge in [-0.25, -0.2) is 4.79 Å². The van der Waals surface area contributed by atoms with Gasteiger partial charge in [-0.05, 0) is 34.4 Å². The van der Waals surface area contributed by atoms with Crippen LogP contribution < -0.4 is 0 Å². The molecule has 0 bridgehead atoms. The number of benzene rings is 3. The molecule has 31 heavy (non-hydrogen) atoms. The van der Waals surface area contributed by atoms with E-state index in [4.69, 9.17) is 4.18 Å². The highest BCUT2D eigenvalue weighted by Gasteiger charge is 2.42. The molecule has 3 aromatic rings. The Morgan fingerprint density at radius 3 is 1.68 bits per heavy atom. The van der Waals surface area contributed by atoms with Crippen molar-refractivity contribution in [3.63, 3.8) is 0 Å². The molecule has 0 N–H and O–H groups in total. The summed E-state index contributed by atoms with van der Waals surface area (Å²) in [5.41, 5.74) is 3.12. The van der Waals surface area contributed by atoms with Gasteiger partial charge in [0, 0.05) is 20.5 Å². The van der Waals surface area contributed by atoms with Crippen LogP contribution in [0.1, 0.15) is 16.7 Å². The van der Waals surface area contributed by atoms with Gasteiger partial charge in [0.2, 0.25) is 0 Å². The largest absolute Gasteiger partial charge is 0.492 e. The SMILES string of the molecule is O=C(OS1=C(c2ccccc2)C=C(c2ccccc2)C=C1c1ccccc1)C(F)(F)F. The van der Waals surface area contributed by atoms with Gasteiger partial charge in [0.25, 0.3) is 0 Å². The summed E-state index contributed by atoms with van der Waals surface area (Å²) in [6.07, 6.45) is -1.49. The predicted octanol–water partition coefficient (Wildman–Crippen LogP) is 6.63. The lowest BCUT2D eigenvalue weighted by molar-refractivity contribution is -0.188. The molecule has 1 aliphatic rings. The summed E-state index contributed by atoms with van der Waals surface area (Å²) < 4.78 is 44.4. The number of alkyl halides is 3. The third kappa shape index (κ3) is 4.70. The molecule has 2 nitrogen and oxygen atoms in total. The monoisotopic (exact) mass is 438 g/mol. The Morgan fingerprint density at radius 2 is 1.16 bits per heavy atom. The minimum atomic E-state index is -5.08. The van der Waals surface area contributed by atoms with Crippen LogP contribution in [0.4, 0.5) is 13.2 Å². The summed E-state index contributed by atoms with van der Waals surface area (Å²) in [4.78, 5) is 12.9. The highest BCUT2D eigenvalue weighted by Crippen LogP contribution is 2.44. The molecule has 156 valence electrons. The van der Waals surface area contributed by atoms with Crippen LogP contribution in [0, 0.1) is 0 Å². The van der Waals surface area contributed by atoms with Crippen LogP contribution in [0.5, 0.6) is 0 Å². The van der Waals surface area contributed by atoms with Crippen LogP contribution in [-0.4, -0.2) is 17.0 Å². The minimum absolute atomic E-state index is 0.512. The van der Waals surface area contributed by atoms with E-state index in [1.807, 2.05) is 42.5 Å². The number of allylic oxidation sites excluding steroid dienone is 3. The summed E-state index contributed by atoms with van der Waals surface area (Å²) >= 11 is 0. The van der Waals surface area contributed by atoms with Gasteiger partial charge < -0.3 is 4.18 Å². The van der Waals surface area contributed by atoms with Crippen molar-refractivity contribution in [3.05, 3.63) is 120 Å². The van der Waals surface area contributed by atoms with E-state index in [-0.39, 0.29) is 0 Å². The summed E-state index contributed by atoms with van der Waals surface area (Å²) in [6, 6.07) is 27.6. The maximum absolute atomic E-state index is 13.1. The molecule has 0 saturated heterocycles. The zero-order valence-electron chi connectivity index (χ0n) is 16.2. The number of carbonyl (C=O) groups is 1. The first-order valence-electron chi connectivity index (χ1n) is 9.44. The van der Waals surface area contributed by atoms with Crippen molar-refractivity contribution in [1.82, 2.24) is 0 Å². The highest BCUT2D eigenvalue weighted by atomic mass is 32.2. The molecule has 0 fully saturated rings. The van der Waals surface area contributed by atoms with Gasteiger partial charge in [-0.3, -0.25) is 0 Å². The second-order valence-electron chi connectivity index (χ2n) is 6.71. The molecule has 3 aromatic carbocycles. The average molecular weight is 438 g/mol. The fourth-order valence-corrected chi connectivity index (χ4v) is 4.98. The van der Waals surface area contributed by atoms with Gasteiger partial charge in [0.05, 0.1) is 0 Å². The predicted molar refractivity (Wildman–Crippen MR) is 119 cm³/mol.